The van der Waals surface area contributed by atoms with Gasteiger partial charge in [0, 0.05) is 27.8 Å². The van der Waals surface area contributed by atoms with Crippen molar-refractivity contribution in [1.29, 1.82) is 0 Å². The highest BCUT2D eigenvalue weighted by atomic mass is 32.2. The quantitative estimate of drug-likeness (QED) is 0.680. The van der Waals surface area contributed by atoms with Crippen molar-refractivity contribution in [2.24, 2.45) is 0 Å². The summed E-state index contributed by atoms with van der Waals surface area (Å²) in [5.41, 5.74) is 9.29. The van der Waals surface area contributed by atoms with Crippen LogP contribution in [0.3, 0.4) is 0 Å². The van der Waals surface area contributed by atoms with E-state index in [1.807, 2.05) is 30.0 Å². The molecule has 1 atom stereocenters. The third-order valence-corrected chi connectivity index (χ3v) is 4.77. The van der Waals surface area contributed by atoms with E-state index in [1.54, 1.807) is 0 Å². The van der Waals surface area contributed by atoms with Gasteiger partial charge in [-0.25, -0.2) is 0 Å². The predicted molar refractivity (Wildman–Crippen MR) is 81.0 cm³/mol. The Kier molecular flexibility index (Phi) is 3.38. The van der Waals surface area contributed by atoms with Crippen LogP contribution >= 0.6 is 11.8 Å². The number of hydrogen-bond donors (Lipinski definition) is 1. The lowest BCUT2D eigenvalue weighted by Gasteiger charge is -2.10. The molecule has 0 amide bonds. The first-order chi connectivity index (χ1) is 9.24. The highest BCUT2D eigenvalue weighted by Crippen LogP contribution is 2.37. The second kappa shape index (κ2) is 5.17. The average molecular weight is 271 g/mol. The van der Waals surface area contributed by atoms with Gasteiger partial charge in [-0.15, -0.1) is 11.8 Å². The summed E-state index contributed by atoms with van der Waals surface area (Å²) in [6, 6.07) is 14.4. The molecule has 1 aliphatic heterocycles. The minimum atomic E-state index is 0.474. The summed E-state index contributed by atoms with van der Waals surface area (Å²) in [6.45, 7) is 2.91. The molecular formula is C16H17NOS. The molecule has 0 aromatic heterocycles. The molecule has 3 rings (SSSR count). The molecule has 2 aromatic carbocycles. The van der Waals surface area contributed by atoms with Crippen LogP contribution in [-0.2, 0) is 0 Å². The number of nitrogens with two attached hydrogens (primary N) is 1. The van der Waals surface area contributed by atoms with Crippen molar-refractivity contribution >= 4 is 17.4 Å². The van der Waals surface area contributed by atoms with E-state index >= 15 is 0 Å². The first-order valence-corrected chi connectivity index (χ1v) is 7.43. The van der Waals surface area contributed by atoms with Gasteiger partial charge in [-0.1, -0.05) is 24.3 Å². The van der Waals surface area contributed by atoms with Crippen LogP contribution < -0.4 is 10.5 Å². The molecule has 1 heterocycles. The van der Waals surface area contributed by atoms with Crippen LogP contribution in [0, 0.1) is 6.92 Å². The Balaban J connectivity index is 1.72. The number of para-hydroxylation sites is 1. The number of ether oxygens (including phenoxy) is 1. The number of benzene rings is 2. The molecule has 3 heteroatoms. The van der Waals surface area contributed by atoms with Crippen LogP contribution in [0.25, 0.3) is 0 Å². The Hall–Kier alpha value is -1.61. The highest BCUT2D eigenvalue weighted by Gasteiger charge is 2.23. The number of anilines is 1. The molecule has 0 fully saturated rings. The molecule has 0 bridgehead atoms. The van der Waals surface area contributed by atoms with Crippen molar-refractivity contribution in [3.8, 4) is 5.75 Å². The number of fused-ring (bicyclic) bond motifs is 1. The fourth-order valence-electron chi connectivity index (χ4n) is 2.33. The summed E-state index contributed by atoms with van der Waals surface area (Å²) in [5.74, 6) is 2.54. The molecule has 0 saturated heterocycles. The van der Waals surface area contributed by atoms with Crippen molar-refractivity contribution < 1.29 is 4.74 Å². The molecule has 2 aromatic rings. The Morgan fingerprint density at radius 3 is 3.00 bits per heavy atom. The lowest BCUT2D eigenvalue weighted by atomic mass is 10.0. The van der Waals surface area contributed by atoms with Crippen LogP contribution in [-0.4, -0.2) is 12.4 Å². The van der Waals surface area contributed by atoms with Crippen molar-refractivity contribution in [1.82, 2.24) is 0 Å². The summed E-state index contributed by atoms with van der Waals surface area (Å²) in [5, 5.41) is 0. The Morgan fingerprint density at radius 1 is 1.26 bits per heavy atom. The third kappa shape index (κ3) is 2.56. The zero-order chi connectivity index (χ0) is 13.2. The van der Waals surface area contributed by atoms with Crippen molar-refractivity contribution in [2.45, 2.75) is 17.7 Å². The first kappa shape index (κ1) is 12.4. The van der Waals surface area contributed by atoms with Gasteiger partial charge in [0.25, 0.3) is 0 Å². The van der Waals surface area contributed by atoms with Gasteiger partial charge >= 0.3 is 0 Å². The van der Waals surface area contributed by atoms with E-state index in [-0.39, 0.29) is 0 Å². The Labute approximate surface area is 118 Å². The molecular weight excluding hydrogens is 254 g/mol. The van der Waals surface area contributed by atoms with Gasteiger partial charge < -0.3 is 10.5 Å². The van der Waals surface area contributed by atoms with Gasteiger partial charge in [-0.05, 0) is 30.7 Å². The lowest BCUT2D eigenvalue weighted by Crippen LogP contribution is -2.03. The molecule has 1 aliphatic rings. The maximum Gasteiger partial charge on any atom is 0.122 e. The average Bonchev–Trinajstić information content (AvgIpc) is 2.83. The smallest absolute Gasteiger partial charge is 0.122 e. The number of aryl methyl sites for hydroxylation is 1. The maximum atomic E-state index is 5.85. The number of hydrogen-bond acceptors (Lipinski definition) is 3. The topological polar surface area (TPSA) is 35.2 Å². The normalized spacial score (nSPS) is 17.0. The molecule has 98 valence electrons. The van der Waals surface area contributed by atoms with Gasteiger partial charge in [0.2, 0.25) is 0 Å². The van der Waals surface area contributed by atoms with E-state index in [0.29, 0.717) is 5.92 Å². The molecule has 0 aliphatic carbocycles. The fourth-order valence-corrected chi connectivity index (χ4v) is 3.50. The van der Waals surface area contributed by atoms with E-state index in [9.17, 15) is 0 Å². The summed E-state index contributed by atoms with van der Waals surface area (Å²) in [6.07, 6.45) is 0. The first-order valence-electron chi connectivity index (χ1n) is 6.44. The molecule has 19 heavy (non-hydrogen) atoms. The molecule has 0 radical (unpaired) electrons. The van der Waals surface area contributed by atoms with E-state index in [1.165, 1.54) is 16.0 Å². The Morgan fingerprint density at radius 2 is 2.11 bits per heavy atom. The molecule has 2 nitrogen and oxygen atoms in total. The van der Waals surface area contributed by atoms with Gasteiger partial charge in [0.05, 0.1) is 6.61 Å². The van der Waals surface area contributed by atoms with Crippen molar-refractivity contribution in [3.05, 3.63) is 53.6 Å². The number of rotatable bonds is 3. The van der Waals surface area contributed by atoms with Crippen molar-refractivity contribution in [3.63, 3.8) is 0 Å². The van der Waals surface area contributed by atoms with Crippen LogP contribution in [0.15, 0.2) is 47.4 Å². The van der Waals surface area contributed by atoms with E-state index in [2.05, 4.69) is 31.2 Å². The van der Waals surface area contributed by atoms with Crippen LogP contribution in [0.2, 0.25) is 0 Å². The van der Waals surface area contributed by atoms with Gasteiger partial charge in [0.1, 0.15) is 5.75 Å². The largest absolute Gasteiger partial charge is 0.493 e. The monoisotopic (exact) mass is 271 g/mol. The van der Waals surface area contributed by atoms with Crippen LogP contribution in [0.1, 0.15) is 17.0 Å². The summed E-state index contributed by atoms with van der Waals surface area (Å²) in [4.78, 5) is 1.27. The van der Waals surface area contributed by atoms with Gasteiger partial charge in [-0.2, -0.15) is 0 Å². The molecule has 2 N–H and O–H groups in total. The van der Waals surface area contributed by atoms with Gasteiger partial charge in [0.15, 0.2) is 0 Å². The third-order valence-electron chi connectivity index (χ3n) is 3.45. The maximum absolute atomic E-state index is 5.85. The number of thioether (sulfide) groups is 1. The minimum absolute atomic E-state index is 0.474. The second-order valence-electron chi connectivity index (χ2n) is 4.88. The standard InChI is InChI=1S/C16H17NOS/c1-11-6-7-13(17)8-16(11)19-10-12-9-18-15-5-3-2-4-14(12)15/h2-8,12H,9-10,17H2,1H3. The molecule has 1 unspecified atom stereocenters. The fraction of sp³-hybridized carbons (Fsp3) is 0.250. The second-order valence-corrected chi connectivity index (χ2v) is 5.94. The molecule has 0 spiro atoms. The van der Waals surface area contributed by atoms with Crippen LogP contribution in [0.5, 0.6) is 5.75 Å². The SMILES string of the molecule is Cc1ccc(N)cc1SCC1COc2ccccc21. The summed E-state index contributed by atoms with van der Waals surface area (Å²) >= 11 is 1.86. The molecule has 0 saturated carbocycles. The predicted octanol–water partition coefficient (Wildman–Crippen LogP) is 3.85. The van der Waals surface area contributed by atoms with Gasteiger partial charge in [-0.3, -0.25) is 0 Å². The Bertz CT molecular complexity index is 597. The minimum Gasteiger partial charge on any atom is -0.493 e. The zero-order valence-electron chi connectivity index (χ0n) is 10.9. The van der Waals surface area contributed by atoms with Crippen LogP contribution in [0.4, 0.5) is 5.69 Å². The lowest BCUT2D eigenvalue weighted by molar-refractivity contribution is 0.339. The van der Waals surface area contributed by atoms with Crippen molar-refractivity contribution in [2.75, 3.05) is 18.1 Å². The van der Waals surface area contributed by atoms with E-state index in [0.717, 1.165) is 23.8 Å². The van der Waals surface area contributed by atoms with E-state index in [4.69, 9.17) is 10.5 Å². The van der Waals surface area contributed by atoms with E-state index < -0.39 is 0 Å². The highest BCUT2D eigenvalue weighted by molar-refractivity contribution is 7.99. The number of nitrogen functional groups attached to an aromatic ring is 1. The zero-order valence-corrected chi connectivity index (χ0v) is 11.7. The summed E-state index contributed by atoms with van der Waals surface area (Å²) in [7, 11) is 0. The summed E-state index contributed by atoms with van der Waals surface area (Å²) < 4.78 is 5.72.